The van der Waals surface area contributed by atoms with Gasteiger partial charge in [0.15, 0.2) is 0 Å². The number of nitrogens with zero attached hydrogens (tertiary/aromatic N) is 2. The van der Waals surface area contributed by atoms with Crippen LogP contribution in [0.2, 0.25) is 0 Å². The zero-order valence-electron chi connectivity index (χ0n) is 13.2. The summed E-state index contributed by atoms with van der Waals surface area (Å²) in [6.45, 7) is 2.54. The highest BCUT2D eigenvalue weighted by Gasteiger charge is 2.31. The van der Waals surface area contributed by atoms with Crippen LogP contribution in [0.3, 0.4) is 0 Å². The van der Waals surface area contributed by atoms with Gasteiger partial charge in [-0.15, -0.1) is 0 Å². The van der Waals surface area contributed by atoms with Crippen LogP contribution in [-0.2, 0) is 4.74 Å². The van der Waals surface area contributed by atoms with Gasteiger partial charge < -0.3 is 14.2 Å². The van der Waals surface area contributed by atoms with Crippen LogP contribution in [-0.4, -0.2) is 41.2 Å². The Labute approximate surface area is 132 Å². The molecule has 2 heterocycles. The van der Waals surface area contributed by atoms with Crippen molar-refractivity contribution in [3.05, 3.63) is 24.0 Å². The van der Waals surface area contributed by atoms with E-state index in [1.807, 2.05) is 12.1 Å². The van der Waals surface area contributed by atoms with E-state index in [0.717, 1.165) is 38.2 Å². The molecule has 0 spiro atoms. The summed E-state index contributed by atoms with van der Waals surface area (Å²) in [6, 6.07) is 4.56. The second-order valence-electron chi connectivity index (χ2n) is 7.17. The minimum absolute atomic E-state index is 0.208. The summed E-state index contributed by atoms with van der Waals surface area (Å²) in [7, 11) is 0. The molecule has 4 heteroatoms. The maximum atomic E-state index is 13.1. The lowest BCUT2D eigenvalue weighted by Gasteiger charge is -2.33. The first kappa shape index (κ1) is 14.3. The minimum Gasteiger partial charge on any atom is -0.376 e. The van der Waals surface area contributed by atoms with E-state index in [9.17, 15) is 4.79 Å². The molecule has 1 atom stereocenters. The van der Waals surface area contributed by atoms with Crippen molar-refractivity contribution < 1.29 is 9.53 Å². The van der Waals surface area contributed by atoms with Gasteiger partial charge in [-0.2, -0.15) is 0 Å². The van der Waals surface area contributed by atoms with Crippen molar-refractivity contribution in [1.29, 1.82) is 0 Å². The van der Waals surface area contributed by atoms with Crippen LogP contribution in [0.1, 0.15) is 61.5 Å². The fourth-order valence-electron chi connectivity index (χ4n) is 3.67. The molecule has 3 aliphatic rings. The zero-order valence-corrected chi connectivity index (χ0v) is 13.2. The predicted octanol–water partition coefficient (Wildman–Crippen LogP) is 3.24. The largest absolute Gasteiger partial charge is 0.376 e. The van der Waals surface area contributed by atoms with Gasteiger partial charge in [-0.25, -0.2) is 0 Å². The lowest BCUT2D eigenvalue weighted by Crippen LogP contribution is -2.42. The van der Waals surface area contributed by atoms with Crippen molar-refractivity contribution in [2.24, 2.45) is 5.92 Å². The van der Waals surface area contributed by atoms with E-state index in [0.29, 0.717) is 12.0 Å². The third-order valence-corrected chi connectivity index (χ3v) is 5.38. The van der Waals surface area contributed by atoms with Gasteiger partial charge in [0.25, 0.3) is 5.91 Å². The van der Waals surface area contributed by atoms with Gasteiger partial charge in [0.05, 0.1) is 6.10 Å². The molecule has 0 unspecified atom stereocenters. The van der Waals surface area contributed by atoms with Gasteiger partial charge in [0, 0.05) is 31.9 Å². The number of aromatic nitrogens is 1. The summed E-state index contributed by atoms with van der Waals surface area (Å²) < 4.78 is 7.96. The molecule has 22 heavy (non-hydrogen) atoms. The SMILES string of the molecule is O=C(c1cccn1C1CC1)N(CC1CCC1)C[C@H]1CCCO1. The molecule has 0 N–H and O–H groups in total. The quantitative estimate of drug-likeness (QED) is 0.808. The van der Waals surface area contributed by atoms with Crippen molar-refractivity contribution in [3.8, 4) is 0 Å². The minimum atomic E-state index is 0.208. The van der Waals surface area contributed by atoms with Crippen LogP contribution < -0.4 is 0 Å². The highest BCUT2D eigenvalue weighted by molar-refractivity contribution is 5.93. The van der Waals surface area contributed by atoms with E-state index in [-0.39, 0.29) is 12.0 Å². The van der Waals surface area contributed by atoms with Gasteiger partial charge in [0.2, 0.25) is 0 Å². The van der Waals surface area contributed by atoms with Crippen molar-refractivity contribution in [1.82, 2.24) is 9.47 Å². The summed E-state index contributed by atoms with van der Waals surface area (Å²) >= 11 is 0. The van der Waals surface area contributed by atoms with Gasteiger partial charge in [-0.05, 0) is 56.6 Å². The van der Waals surface area contributed by atoms with E-state index in [1.165, 1.54) is 32.1 Å². The summed E-state index contributed by atoms with van der Waals surface area (Å²) in [5, 5.41) is 0. The van der Waals surface area contributed by atoms with Crippen molar-refractivity contribution >= 4 is 5.91 Å². The van der Waals surface area contributed by atoms with Crippen molar-refractivity contribution in [3.63, 3.8) is 0 Å². The molecule has 2 saturated carbocycles. The molecule has 1 aliphatic heterocycles. The molecule has 0 radical (unpaired) electrons. The third-order valence-electron chi connectivity index (χ3n) is 5.38. The fourth-order valence-corrected chi connectivity index (χ4v) is 3.67. The van der Waals surface area contributed by atoms with Crippen LogP contribution in [0.4, 0.5) is 0 Å². The first-order valence-electron chi connectivity index (χ1n) is 8.89. The van der Waals surface area contributed by atoms with Gasteiger partial charge >= 0.3 is 0 Å². The topological polar surface area (TPSA) is 34.5 Å². The van der Waals surface area contributed by atoms with E-state index in [4.69, 9.17) is 4.74 Å². The van der Waals surface area contributed by atoms with Crippen LogP contribution >= 0.6 is 0 Å². The van der Waals surface area contributed by atoms with Crippen LogP contribution in [0.15, 0.2) is 18.3 Å². The summed E-state index contributed by atoms with van der Waals surface area (Å²) in [4.78, 5) is 15.1. The first-order chi connectivity index (χ1) is 10.8. The fraction of sp³-hybridized carbons (Fsp3) is 0.722. The van der Waals surface area contributed by atoms with Gasteiger partial charge in [-0.3, -0.25) is 4.79 Å². The average molecular weight is 302 g/mol. The Hall–Kier alpha value is -1.29. The second-order valence-corrected chi connectivity index (χ2v) is 7.17. The average Bonchev–Trinajstić information content (AvgIpc) is 3.00. The van der Waals surface area contributed by atoms with Gasteiger partial charge in [-0.1, -0.05) is 6.42 Å². The molecule has 0 bridgehead atoms. The van der Waals surface area contributed by atoms with Crippen molar-refractivity contribution in [2.45, 2.75) is 57.1 Å². The first-order valence-corrected chi connectivity index (χ1v) is 8.89. The Kier molecular flexibility index (Phi) is 3.95. The number of amides is 1. The Morgan fingerprint density at radius 1 is 1.18 bits per heavy atom. The predicted molar refractivity (Wildman–Crippen MR) is 84.9 cm³/mol. The Bertz CT molecular complexity index is 525. The van der Waals surface area contributed by atoms with E-state index >= 15 is 0 Å². The summed E-state index contributed by atoms with van der Waals surface area (Å²) in [5.41, 5.74) is 0.875. The Morgan fingerprint density at radius 2 is 2.05 bits per heavy atom. The Balaban J connectivity index is 1.49. The van der Waals surface area contributed by atoms with Crippen LogP contribution in [0.5, 0.6) is 0 Å². The normalized spacial score (nSPS) is 25.2. The third kappa shape index (κ3) is 2.94. The molecule has 3 fully saturated rings. The molecular formula is C18H26N2O2. The molecular weight excluding hydrogens is 276 g/mol. The maximum Gasteiger partial charge on any atom is 0.270 e. The summed E-state index contributed by atoms with van der Waals surface area (Å²) in [5.74, 6) is 0.911. The molecule has 1 aromatic heterocycles. The maximum absolute atomic E-state index is 13.1. The molecule has 0 aromatic carbocycles. The highest BCUT2D eigenvalue weighted by Crippen LogP contribution is 2.36. The highest BCUT2D eigenvalue weighted by atomic mass is 16.5. The molecule has 1 aromatic rings. The lowest BCUT2D eigenvalue weighted by molar-refractivity contribution is 0.0440. The molecule has 4 rings (SSSR count). The number of carbonyl (C=O) groups is 1. The van der Waals surface area contributed by atoms with Crippen LogP contribution in [0, 0.1) is 5.92 Å². The molecule has 2 aliphatic carbocycles. The second kappa shape index (κ2) is 6.07. The number of hydrogen-bond acceptors (Lipinski definition) is 2. The number of hydrogen-bond donors (Lipinski definition) is 0. The van der Waals surface area contributed by atoms with Gasteiger partial charge in [0.1, 0.15) is 5.69 Å². The molecule has 1 amide bonds. The number of ether oxygens (including phenoxy) is 1. The molecule has 1 saturated heterocycles. The van der Waals surface area contributed by atoms with E-state index < -0.39 is 0 Å². The Morgan fingerprint density at radius 3 is 2.68 bits per heavy atom. The van der Waals surface area contributed by atoms with E-state index in [1.54, 1.807) is 0 Å². The number of carbonyl (C=O) groups excluding carboxylic acids is 1. The monoisotopic (exact) mass is 302 g/mol. The van der Waals surface area contributed by atoms with Crippen LogP contribution in [0.25, 0.3) is 0 Å². The lowest BCUT2D eigenvalue weighted by atomic mass is 9.85. The summed E-state index contributed by atoms with van der Waals surface area (Å²) in [6.07, 6.45) is 10.8. The standard InChI is InChI=1S/C18H26N2O2/c21-18(17-7-2-10-20(17)15-8-9-15)19(12-14-4-1-5-14)13-16-6-3-11-22-16/h2,7,10,14-16H,1,3-6,8-9,11-13H2/t16-/m1/s1. The number of rotatable bonds is 6. The smallest absolute Gasteiger partial charge is 0.270 e. The zero-order chi connectivity index (χ0) is 14.9. The van der Waals surface area contributed by atoms with Crippen molar-refractivity contribution in [2.75, 3.05) is 19.7 Å². The molecule has 120 valence electrons. The molecule has 4 nitrogen and oxygen atoms in total. The van der Waals surface area contributed by atoms with E-state index in [2.05, 4.69) is 15.7 Å².